The molecule has 0 aliphatic carbocycles. The van der Waals surface area contributed by atoms with E-state index in [2.05, 4.69) is 41.6 Å². The summed E-state index contributed by atoms with van der Waals surface area (Å²) >= 11 is 5.10. The molecule has 1 aromatic carbocycles. The highest BCUT2D eigenvalue weighted by molar-refractivity contribution is 7.80. The Labute approximate surface area is 125 Å². The number of aryl methyl sites for hydroxylation is 3. The fourth-order valence-electron chi connectivity index (χ4n) is 2.35. The molecule has 0 aliphatic rings. The van der Waals surface area contributed by atoms with Crippen LogP contribution in [0.4, 0.5) is 5.82 Å². The van der Waals surface area contributed by atoms with Crippen LogP contribution < -0.4 is 11.1 Å². The third-order valence-corrected chi connectivity index (χ3v) is 3.46. The van der Waals surface area contributed by atoms with Crippen molar-refractivity contribution >= 4 is 23.0 Å². The normalized spacial score (nSPS) is 10.6. The Morgan fingerprint density at radius 3 is 2.80 bits per heavy atom. The number of anilines is 1. The van der Waals surface area contributed by atoms with Gasteiger partial charge in [-0.2, -0.15) is 5.10 Å². The van der Waals surface area contributed by atoms with Gasteiger partial charge in [-0.25, -0.2) is 0 Å². The summed E-state index contributed by atoms with van der Waals surface area (Å²) in [4.78, 5) is 0.383. The first-order valence-electron chi connectivity index (χ1n) is 6.62. The molecule has 20 heavy (non-hydrogen) atoms. The molecule has 0 saturated heterocycles. The van der Waals surface area contributed by atoms with Gasteiger partial charge in [0.25, 0.3) is 0 Å². The van der Waals surface area contributed by atoms with E-state index in [1.807, 2.05) is 14.0 Å². The summed E-state index contributed by atoms with van der Waals surface area (Å²) in [6.45, 7) is 4.84. The number of hydrogen-bond donors (Lipinski definition) is 2. The zero-order valence-corrected chi connectivity index (χ0v) is 12.9. The van der Waals surface area contributed by atoms with Gasteiger partial charge in [-0.1, -0.05) is 42.0 Å². The van der Waals surface area contributed by atoms with E-state index in [0.29, 0.717) is 4.99 Å². The number of thiocarbonyl (C=S) groups is 1. The average Bonchev–Trinajstić information content (AvgIpc) is 2.64. The number of benzene rings is 1. The summed E-state index contributed by atoms with van der Waals surface area (Å²) in [5, 5.41) is 7.74. The quantitative estimate of drug-likeness (QED) is 0.829. The van der Waals surface area contributed by atoms with Crippen molar-refractivity contribution < 1.29 is 0 Å². The summed E-state index contributed by atoms with van der Waals surface area (Å²) in [5.41, 5.74) is 10.1. The molecule has 0 radical (unpaired) electrons. The van der Waals surface area contributed by atoms with E-state index in [-0.39, 0.29) is 0 Å². The van der Waals surface area contributed by atoms with Crippen LogP contribution in [0.2, 0.25) is 0 Å². The monoisotopic (exact) mass is 288 g/mol. The number of rotatable bonds is 5. The molecule has 4 nitrogen and oxygen atoms in total. The third-order valence-electron chi connectivity index (χ3n) is 3.26. The summed E-state index contributed by atoms with van der Waals surface area (Å²) in [7, 11) is 1.89. The number of nitrogens with two attached hydrogens (primary N) is 1. The third kappa shape index (κ3) is 3.17. The summed E-state index contributed by atoms with van der Waals surface area (Å²) < 4.78 is 1.79. The second-order valence-corrected chi connectivity index (χ2v) is 5.40. The van der Waals surface area contributed by atoms with E-state index in [0.717, 1.165) is 30.0 Å². The summed E-state index contributed by atoms with van der Waals surface area (Å²) in [5.74, 6) is 0.891. The molecule has 2 rings (SSSR count). The Morgan fingerprint density at radius 2 is 2.15 bits per heavy atom. The lowest BCUT2D eigenvalue weighted by Crippen LogP contribution is -2.16. The summed E-state index contributed by atoms with van der Waals surface area (Å²) in [6.07, 6.45) is 0.947. The van der Waals surface area contributed by atoms with Gasteiger partial charge < -0.3 is 11.1 Å². The molecular formula is C15H20N4S. The molecule has 2 aromatic rings. The van der Waals surface area contributed by atoms with E-state index < -0.39 is 0 Å². The van der Waals surface area contributed by atoms with Crippen molar-refractivity contribution in [2.24, 2.45) is 12.8 Å². The van der Waals surface area contributed by atoms with Crippen LogP contribution in [0.3, 0.4) is 0 Å². The van der Waals surface area contributed by atoms with Crippen molar-refractivity contribution in [1.29, 1.82) is 0 Å². The van der Waals surface area contributed by atoms with Gasteiger partial charge in [0.1, 0.15) is 10.8 Å². The van der Waals surface area contributed by atoms with Crippen molar-refractivity contribution in [3.63, 3.8) is 0 Å². The molecule has 0 saturated carbocycles. The molecule has 0 bridgehead atoms. The molecule has 5 heteroatoms. The van der Waals surface area contributed by atoms with Gasteiger partial charge in [-0.15, -0.1) is 0 Å². The fourth-order valence-corrected chi connectivity index (χ4v) is 2.59. The molecule has 0 spiro atoms. The molecule has 0 fully saturated rings. The molecule has 106 valence electrons. The van der Waals surface area contributed by atoms with Gasteiger partial charge >= 0.3 is 0 Å². The highest BCUT2D eigenvalue weighted by Gasteiger charge is 2.14. The fraction of sp³-hybridized carbons (Fsp3) is 0.333. The van der Waals surface area contributed by atoms with E-state index in [9.17, 15) is 0 Å². The van der Waals surface area contributed by atoms with Crippen LogP contribution in [0, 0.1) is 13.8 Å². The Balaban J connectivity index is 2.06. The molecule has 0 amide bonds. The first-order chi connectivity index (χ1) is 9.49. The second kappa shape index (κ2) is 6.05. The molecule has 1 heterocycles. The Kier molecular flexibility index (Phi) is 4.39. The molecule has 0 unspecified atom stereocenters. The van der Waals surface area contributed by atoms with Crippen LogP contribution in [-0.2, 0) is 13.5 Å². The minimum absolute atomic E-state index is 0.383. The van der Waals surface area contributed by atoms with Gasteiger partial charge in [0.15, 0.2) is 0 Å². The maximum atomic E-state index is 5.77. The van der Waals surface area contributed by atoms with E-state index in [1.165, 1.54) is 11.1 Å². The standard InChI is InChI=1S/C15H20N4S/c1-10-5-4-6-12(9-10)7-8-17-15-13(14(16)20)11(2)18-19(15)3/h4-6,9,17H,7-8H2,1-3H3,(H2,16,20). The van der Waals surface area contributed by atoms with Crippen LogP contribution in [0.1, 0.15) is 22.4 Å². The lowest BCUT2D eigenvalue weighted by atomic mass is 10.1. The number of nitrogens with zero attached hydrogens (tertiary/aromatic N) is 2. The van der Waals surface area contributed by atoms with E-state index >= 15 is 0 Å². The highest BCUT2D eigenvalue weighted by Crippen LogP contribution is 2.18. The first kappa shape index (κ1) is 14.5. The van der Waals surface area contributed by atoms with Crippen molar-refractivity contribution in [1.82, 2.24) is 9.78 Å². The molecular weight excluding hydrogens is 268 g/mol. The zero-order valence-electron chi connectivity index (χ0n) is 12.1. The van der Waals surface area contributed by atoms with Gasteiger partial charge in [-0.05, 0) is 25.8 Å². The second-order valence-electron chi connectivity index (χ2n) is 4.96. The summed E-state index contributed by atoms with van der Waals surface area (Å²) in [6, 6.07) is 8.52. The maximum absolute atomic E-state index is 5.77. The van der Waals surface area contributed by atoms with E-state index in [1.54, 1.807) is 4.68 Å². The van der Waals surface area contributed by atoms with Crippen molar-refractivity contribution in [2.45, 2.75) is 20.3 Å². The highest BCUT2D eigenvalue weighted by atomic mass is 32.1. The lowest BCUT2D eigenvalue weighted by Gasteiger charge is -2.09. The smallest absolute Gasteiger partial charge is 0.134 e. The van der Waals surface area contributed by atoms with Crippen molar-refractivity contribution in [3.8, 4) is 0 Å². The number of hydrogen-bond acceptors (Lipinski definition) is 3. The predicted octanol–water partition coefficient (Wildman–Crippen LogP) is 2.33. The lowest BCUT2D eigenvalue weighted by molar-refractivity contribution is 0.757. The SMILES string of the molecule is Cc1cccc(CCNc2c(C(N)=S)c(C)nn2C)c1. The maximum Gasteiger partial charge on any atom is 0.134 e. The van der Waals surface area contributed by atoms with Crippen molar-refractivity contribution in [3.05, 3.63) is 46.6 Å². The molecule has 1 aromatic heterocycles. The zero-order chi connectivity index (χ0) is 14.7. The molecule has 0 aliphatic heterocycles. The molecule has 0 atom stereocenters. The minimum Gasteiger partial charge on any atom is -0.389 e. The number of nitrogens with one attached hydrogen (secondary N) is 1. The van der Waals surface area contributed by atoms with Gasteiger partial charge in [0.05, 0.1) is 11.3 Å². The molecule has 3 N–H and O–H groups in total. The Hall–Kier alpha value is -1.88. The van der Waals surface area contributed by atoms with Gasteiger partial charge in [-0.3, -0.25) is 4.68 Å². The Bertz CT molecular complexity index is 631. The average molecular weight is 288 g/mol. The van der Waals surface area contributed by atoms with Crippen LogP contribution in [0.15, 0.2) is 24.3 Å². The topological polar surface area (TPSA) is 55.9 Å². The van der Waals surface area contributed by atoms with Gasteiger partial charge in [0, 0.05) is 13.6 Å². The Morgan fingerprint density at radius 1 is 1.40 bits per heavy atom. The van der Waals surface area contributed by atoms with Crippen LogP contribution in [-0.4, -0.2) is 21.3 Å². The van der Waals surface area contributed by atoms with Crippen LogP contribution in [0.5, 0.6) is 0 Å². The predicted molar refractivity (Wildman–Crippen MR) is 87.2 cm³/mol. The minimum atomic E-state index is 0.383. The van der Waals surface area contributed by atoms with Crippen molar-refractivity contribution in [2.75, 3.05) is 11.9 Å². The van der Waals surface area contributed by atoms with Crippen LogP contribution in [0.25, 0.3) is 0 Å². The van der Waals surface area contributed by atoms with Gasteiger partial charge in [0.2, 0.25) is 0 Å². The first-order valence-corrected chi connectivity index (χ1v) is 7.02. The van der Waals surface area contributed by atoms with E-state index in [4.69, 9.17) is 18.0 Å². The largest absolute Gasteiger partial charge is 0.389 e. The van der Waals surface area contributed by atoms with Crippen LogP contribution >= 0.6 is 12.2 Å². The number of aromatic nitrogens is 2.